The zero-order valence-electron chi connectivity index (χ0n) is 12.8. The SMILES string of the molecule is CCCN1CCCC(c2nc3c(C(N)=O)cccc3[nH]2)C1.[Cl-]. The molecule has 1 unspecified atom stereocenters. The zero-order valence-corrected chi connectivity index (χ0v) is 13.6. The number of nitrogens with one attached hydrogen (secondary N) is 1. The van der Waals surface area contributed by atoms with Gasteiger partial charge in [-0.3, -0.25) is 4.79 Å². The highest BCUT2D eigenvalue weighted by molar-refractivity contribution is 6.04. The number of aromatic amines is 1. The number of piperidine rings is 1. The predicted octanol–water partition coefficient (Wildman–Crippen LogP) is -0.745. The second kappa shape index (κ2) is 7.11. The number of para-hydroxylation sites is 1. The molecule has 2 aromatic rings. The van der Waals surface area contributed by atoms with Crippen LogP contribution in [0.2, 0.25) is 0 Å². The maximum Gasteiger partial charge on any atom is 0.250 e. The number of halogens is 1. The number of carbonyl (C=O) groups is 1. The average molecular weight is 322 g/mol. The van der Waals surface area contributed by atoms with Gasteiger partial charge in [-0.25, -0.2) is 4.98 Å². The Morgan fingerprint density at radius 2 is 2.32 bits per heavy atom. The lowest BCUT2D eigenvalue weighted by Gasteiger charge is -2.31. The van der Waals surface area contributed by atoms with E-state index in [1.807, 2.05) is 12.1 Å². The molecule has 0 aliphatic carbocycles. The second-order valence-corrected chi connectivity index (χ2v) is 5.83. The Morgan fingerprint density at radius 1 is 1.50 bits per heavy atom. The van der Waals surface area contributed by atoms with Gasteiger partial charge in [0, 0.05) is 12.5 Å². The molecule has 3 rings (SSSR count). The van der Waals surface area contributed by atoms with Crippen molar-refractivity contribution in [2.24, 2.45) is 5.73 Å². The van der Waals surface area contributed by atoms with Gasteiger partial charge in [-0.2, -0.15) is 0 Å². The minimum atomic E-state index is -0.421. The highest BCUT2D eigenvalue weighted by atomic mass is 35.5. The Labute approximate surface area is 136 Å². The quantitative estimate of drug-likeness (QED) is 0.778. The maximum atomic E-state index is 11.5. The van der Waals surface area contributed by atoms with Gasteiger partial charge in [0.15, 0.2) is 0 Å². The third kappa shape index (κ3) is 3.25. The van der Waals surface area contributed by atoms with Crippen molar-refractivity contribution >= 4 is 16.9 Å². The summed E-state index contributed by atoms with van der Waals surface area (Å²) in [5, 5.41) is 0. The van der Waals surface area contributed by atoms with Crippen molar-refractivity contribution in [2.45, 2.75) is 32.1 Å². The summed E-state index contributed by atoms with van der Waals surface area (Å²) in [6.07, 6.45) is 3.52. The Balaban J connectivity index is 0.00000176. The third-order valence-electron chi connectivity index (χ3n) is 4.23. The molecule has 1 atom stereocenters. The summed E-state index contributed by atoms with van der Waals surface area (Å²) >= 11 is 0. The van der Waals surface area contributed by atoms with E-state index in [0.717, 1.165) is 30.9 Å². The van der Waals surface area contributed by atoms with Crippen molar-refractivity contribution in [3.8, 4) is 0 Å². The van der Waals surface area contributed by atoms with Crippen LogP contribution in [0.15, 0.2) is 18.2 Å². The van der Waals surface area contributed by atoms with Crippen molar-refractivity contribution in [2.75, 3.05) is 19.6 Å². The summed E-state index contributed by atoms with van der Waals surface area (Å²) in [6.45, 7) is 5.57. The van der Waals surface area contributed by atoms with E-state index in [0.29, 0.717) is 17.0 Å². The molecule has 1 aromatic carbocycles. The largest absolute Gasteiger partial charge is 1.00 e. The minimum Gasteiger partial charge on any atom is -1.00 e. The van der Waals surface area contributed by atoms with Crippen LogP contribution in [0.3, 0.4) is 0 Å². The topological polar surface area (TPSA) is 75.0 Å². The summed E-state index contributed by atoms with van der Waals surface area (Å²) in [6, 6.07) is 5.53. The first-order chi connectivity index (χ1) is 10.2. The van der Waals surface area contributed by atoms with Crippen LogP contribution in [-0.4, -0.2) is 40.4 Å². The molecule has 0 radical (unpaired) electrons. The maximum absolute atomic E-state index is 11.5. The number of benzene rings is 1. The number of primary amides is 1. The fourth-order valence-electron chi connectivity index (χ4n) is 3.24. The second-order valence-electron chi connectivity index (χ2n) is 5.83. The average Bonchev–Trinajstić information content (AvgIpc) is 2.91. The van der Waals surface area contributed by atoms with E-state index < -0.39 is 5.91 Å². The Kier molecular flexibility index (Phi) is 5.42. The molecule has 0 saturated carbocycles. The van der Waals surface area contributed by atoms with Crippen LogP contribution < -0.4 is 18.1 Å². The lowest BCUT2D eigenvalue weighted by molar-refractivity contribution is -0.0000128. The van der Waals surface area contributed by atoms with Gasteiger partial charge in [-0.05, 0) is 44.5 Å². The molecule has 120 valence electrons. The van der Waals surface area contributed by atoms with Crippen LogP contribution in [0.4, 0.5) is 0 Å². The number of amides is 1. The summed E-state index contributed by atoms with van der Waals surface area (Å²) in [5.41, 5.74) is 7.52. The van der Waals surface area contributed by atoms with E-state index in [2.05, 4.69) is 21.8 Å². The molecule has 0 bridgehead atoms. The summed E-state index contributed by atoms with van der Waals surface area (Å²) in [4.78, 5) is 22.0. The summed E-state index contributed by atoms with van der Waals surface area (Å²) in [7, 11) is 0. The van der Waals surface area contributed by atoms with Crippen molar-refractivity contribution in [1.29, 1.82) is 0 Å². The molecule has 1 fully saturated rings. The molecule has 1 aromatic heterocycles. The minimum absolute atomic E-state index is 0. The van der Waals surface area contributed by atoms with Gasteiger partial charge in [0.1, 0.15) is 11.3 Å². The monoisotopic (exact) mass is 321 g/mol. The molecule has 1 aliphatic rings. The number of carbonyl (C=O) groups excluding carboxylic acids is 1. The predicted molar refractivity (Wildman–Crippen MR) is 83.3 cm³/mol. The fourth-order valence-corrected chi connectivity index (χ4v) is 3.24. The molecule has 22 heavy (non-hydrogen) atoms. The Hall–Kier alpha value is -1.59. The van der Waals surface area contributed by atoms with E-state index in [-0.39, 0.29) is 12.4 Å². The molecule has 2 heterocycles. The smallest absolute Gasteiger partial charge is 0.250 e. The van der Waals surface area contributed by atoms with Crippen molar-refractivity contribution < 1.29 is 17.2 Å². The molecule has 1 saturated heterocycles. The highest BCUT2D eigenvalue weighted by Gasteiger charge is 2.24. The van der Waals surface area contributed by atoms with E-state index in [9.17, 15) is 4.79 Å². The zero-order chi connectivity index (χ0) is 14.8. The van der Waals surface area contributed by atoms with E-state index in [1.54, 1.807) is 6.07 Å². The van der Waals surface area contributed by atoms with Crippen LogP contribution in [0, 0.1) is 0 Å². The molecule has 1 aliphatic heterocycles. The number of aromatic nitrogens is 2. The van der Waals surface area contributed by atoms with Gasteiger partial charge in [0.25, 0.3) is 5.91 Å². The number of hydrogen-bond acceptors (Lipinski definition) is 3. The molecule has 6 heteroatoms. The normalized spacial score (nSPS) is 19.0. The number of rotatable bonds is 4. The molecule has 0 spiro atoms. The van der Waals surface area contributed by atoms with Gasteiger partial charge in [0.2, 0.25) is 0 Å². The van der Waals surface area contributed by atoms with Gasteiger partial charge in [-0.15, -0.1) is 0 Å². The van der Waals surface area contributed by atoms with Crippen LogP contribution in [0.1, 0.15) is 48.3 Å². The number of nitrogens with two attached hydrogens (primary N) is 1. The van der Waals surface area contributed by atoms with Gasteiger partial charge >= 0.3 is 0 Å². The molecular formula is C16H22ClN4O-. The van der Waals surface area contributed by atoms with Gasteiger partial charge < -0.3 is 28.0 Å². The standard InChI is InChI=1S/C16H22N4O.ClH/c1-2-8-20-9-4-5-11(10-20)16-18-13-7-3-6-12(15(17)21)14(13)19-16;/h3,6-7,11H,2,4-5,8-10H2,1H3,(H2,17,21)(H,18,19);1H/p-1. The highest BCUT2D eigenvalue weighted by Crippen LogP contribution is 2.27. The van der Waals surface area contributed by atoms with Gasteiger partial charge in [0.05, 0.1) is 11.1 Å². The van der Waals surface area contributed by atoms with Gasteiger partial charge in [-0.1, -0.05) is 13.0 Å². The van der Waals surface area contributed by atoms with E-state index >= 15 is 0 Å². The Bertz CT molecular complexity index is 653. The summed E-state index contributed by atoms with van der Waals surface area (Å²) in [5.74, 6) is 0.979. The molecular weight excluding hydrogens is 300 g/mol. The number of fused-ring (bicyclic) bond motifs is 1. The van der Waals surface area contributed by atoms with Crippen molar-refractivity contribution in [1.82, 2.24) is 14.9 Å². The summed E-state index contributed by atoms with van der Waals surface area (Å²) < 4.78 is 0. The number of hydrogen-bond donors (Lipinski definition) is 2. The number of likely N-dealkylation sites (tertiary alicyclic amines) is 1. The number of imidazole rings is 1. The third-order valence-corrected chi connectivity index (χ3v) is 4.23. The van der Waals surface area contributed by atoms with Crippen LogP contribution in [0.25, 0.3) is 11.0 Å². The van der Waals surface area contributed by atoms with Crippen LogP contribution in [-0.2, 0) is 0 Å². The molecule has 5 nitrogen and oxygen atoms in total. The molecule has 1 amide bonds. The van der Waals surface area contributed by atoms with E-state index in [1.165, 1.54) is 19.4 Å². The fraction of sp³-hybridized carbons (Fsp3) is 0.500. The Morgan fingerprint density at radius 3 is 3.05 bits per heavy atom. The van der Waals surface area contributed by atoms with Crippen molar-refractivity contribution in [3.05, 3.63) is 29.6 Å². The van der Waals surface area contributed by atoms with E-state index in [4.69, 9.17) is 5.73 Å². The first-order valence-electron chi connectivity index (χ1n) is 7.69. The number of H-pyrrole nitrogens is 1. The first kappa shape index (κ1) is 16.8. The molecule has 3 N–H and O–H groups in total. The number of nitrogens with zero attached hydrogens (tertiary/aromatic N) is 2. The lowest BCUT2D eigenvalue weighted by Crippen LogP contribution is -3.00. The van der Waals surface area contributed by atoms with Crippen LogP contribution in [0.5, 0.6) is 0 Å². The van der Waals surface area contributed by atoms with Crippen molar-refractivity contribution in [3.63, 3.8) is 0 Å². The first-order valence-corrected chi connectivity index (χ1v) is 7.69. The van der Waals surface area contributed by atoms with Crippen LogP contribution >= 0.6 is 0 Å². The lowest BCUT2D eigenvalue weighted by atomic mass is 9.97.